The second kappa shape index (κ2) is 5.67. The zero-order chi connectivity index (χ0) is 5.11. The molecule has 0 amide bonds. The fourth-order valence-electron chi connectivity index (χ4n) is 0.418. The first-order valence-corrected chi connectivity index (χ1v) is 2.02. The summed E-state index contributed by atoms with van der Waals surface area (Å²) in [6.07, 6.45) is 0.778. The molecule has 0 heterocycles. The first kappa shape index (κ1) is 11.4. The second-order valence-electron chi connectivity index (χ2n) is 1.24. The van der Waals surface area contributed by atoms with E-state index in [9.17, 15) is 4.79 Å². The number of hydrogen-bond acceptors (Lipinski definition) is 1. The van der Waals surface area contributed by atoms with Crippen LogP contribution in [0.25, 0.3) is 0 Å². The van der Waals surface area contributed by atoms with Crippen LogP contribution in [0.15, 0.2) is 18.2 Å². The topological polar surface area (TPSA) is 17.1 Å². The molecule has 1 rings (SSSR count). The van der Waals surface area contributed by atoms with Gasteiger partial charge in [0.15, 0.2) is 0 Å². The maximum atomic E-state index is 9.84. The minimum absolute atomic E-state index is 0. The molecule has 2 heteroatoms. The van der Waals surface area contributed by atoms with E-state index in [1.807, 2.05) is 0 Å². The van der Waals surface area contributed by atoms with Crippen LogP contribution in [0.2, 0.25) is 0 Å². The molecule has 0 atom stereocenters. The monoisotopic (exact) mass is 163 g/mol. The van der Waals surface area contributed by atoms with Crippen molar-refractivity contribution in [2.24, 2.45) is 0 Å². The Bertz CT molecular complexity index is 144. The van der Waals surface area contributed by atoms with Gasteiger partial charge in [-0.15, -0.1) is 0 Å². The van der Waals surface area contributed by atoms with E-state index in [4.69, 9.17) is 0 Å². The molecule has 0 unspecified atom stereocenters. The molecule has 0 bridgehead atoms. The molecule has 0 fully saturated rings. The van der Waals surface area contributed by atoms with Crippen LogP contribution in [0.4, 0.5) is 0 Å². The molecule has 1 aromatic rings. The third-order valence-electron chi connectivity index (χ3n) is 0.749. The van der Waals surface area contributed by atoms with E-state index >= 15 is 0 Å². The number of rotatable bonds is 1. The molecular weight excluding hydrogens is 156 g/mol. The van der Waals surface area contributed by atoms with Gasteiger partial charge in [-0.25, -0.2) is 0 Å². The zero-order valence-electron chi connectivity index (χ0n) is 5.07. The maximum absolute atomic E-state index is 9.84. The van der Waals surface area contributed by atoms with Crippen LogP contribution in [0.3, 0.4) is 0 Å². The predicted molar refractivity (Wildman–Crippen MR) is 32.7 cm³/mol. The largest absolute Gasteiger partial charge is 3.00 e. The van der Waals surface area contributed by atoms with E-state index < -0.39 is 0 Å². The quantitative estimate of drug-likeness (QED) is 0.348. The van der Waals surface area contributed by atoms with Crippen LogP contribution in [-0.2, 0) is 17.1 Å². The fraction of sp³-hybridized carbons (Fsp3) is 0. The van der Waals surface area contributed by atoms with Crippen molar-refractivity contribution < 1.29 is 21.9 Å². The molecule has 0 aromatic heterocycles. The van der Waals surface area contributed by atoms with Crippen LogP contribution in [0.5, 0.6) is 0 Å². The van der Waals surface area contributed by atoms with Crippen molar-refractivity contribution in [1.29, 1.82) is 0 Å². The summed E-state index contributed by atoms with van der Waals surface area (Å²) in [5.41, 5.74) is 0.625. The third-order valence-corrected chi connectivity index (χ3v) is 0.749. The van der Waals surface area contributed by atoms with Crippen molar-refractivity contribution in [3.05, 3.63) is 37.3 Å². The fourth-order valence-corrected chi connectivity index (χ4v) is 0.418. The van der Waals surface area contributed by atoms with E-state index in [2.05, 4.69) is 6.07 Å². The van der Waals surface area contributed by atoms with E-state index in [0.29, 0.717) is 5.56 Å². The molecule has 0 saturated heterocycles. The van der Waals surface area contributed by atoms with Crippen LogP contribution < -0.4 is 0 Å². The first-order chi connectivity index (χ1) is 3.43. The molecule has 1 aromatic carbocycles. The van der Waals surface area contributed by atoms with Gasteiger partial charge in [-0.05, 0) is 6.29 Å². The number of carbonyl (C=O) groups is 1. The number of carbonyl (C=O) groups excluding carboxylic acids is 1. The third kappa shape index (κ3) is 3.17. The van der Waals surface area contributed by atoms with Crippen LogP contribution in [0.1, 0.15) is 10.4 Å². The average molecular weight is 163 g/mol. The van der Waals surface area contributed by atoms with Crippen molar-refractivity contribution in [3.8, 4) is 0 Å². The molecule has 0 N–H and O–H groups in total. The summed E-state index contributed by atoms with van der Waals surface area (Å²) < 4.78 is 0. The molecule has 1 radical (unpaired) electrons. The van der Waals surface area contributed by atoms with Crippen LogP contribution in [0, 0.1) is 13.5 Å². The van der Waals surface area contributed by atoms with Gasteiger partial charge in [0.2, 0.25) is 0 Å². The summed E-state index contributed by atoms with van der Waals surface area (Å²) in [7, 11) is 0. The normalized spacial score (nSPS) is 6.67. The molecule has 9 heavy (non-hydrogen) atoms. The Morgan fingerprint density at radius 2 is 2.33 bits per heavy atom. The summed E-state index contributed by atoms with van der Waals surface area (Å²) in [4.78, 5) is 9.84. The smallest absolute Gasteiger partial charge is 0.411 e. The molecule has 49 valence electrons. The Labute approximate surface area is 65.9 Å². The Hall–Kier alpha value is -0.461. The van der Waals surface area contributed by atoms with Crippen molar-refractivity contribution in [3.63, 3.8) is 0 Å². The Morgan fingerprint density at radius 1 is 1.67 bits per heavy atom. The summed E-state index contributed by atoms with van der Waals surface area (Å²) in [5.74, 6) is 0. The van der Waals surface area contributed by atoms with Crippen molar-refractivity contribution in [1.82, 2.24) is 0 Å². The van der Waals surface area contributed by atoms with Crippen molar-refractivity contribution in [2.75, 3.05) is 0 Å². The van der Waals surface area contributed by atoms with Crippen molar-refractivity contribution >= 4 is 6.29 Å². The van der Waals surface area contributed by atoms with Gasteiger partial charge in [0.05, 0.1) is 0 Å². The van der Waals surface area contributed by atoms with E-state index in [1.54, 1.807) is 18.2 Å². The molecule has 0 saturated carbocycles. The van der Waals surface area contributed by atoms with Gasteiger partial charge in [-0.1, -0.05) is 0 Å². The predicted octanol–water partition coefficient (Wildman–Crippen LogP) is 1.47. The SMILES string of the molecule is O=Cc1[c-]cc[cH-]1.[CH3-].[Fe+3]. The van der Waals surface area contributed by atoms with Gasteiger partial charge < -0.3 is 18.3 Å². The Kier molecular flexibility index (Phi) is 7.15. The first-order valence-electron chi connectivity index (χ1n) is 2.02. The Balaban J connectivity index is 0. The van der Waals surface area contributed by atoms with E-state index in [-0.39, 0.29) is 24.5 Å². The number of hydrogen-bond donors (Lipinski definition) is 0. The molecule has 0 aliphatic carbocycles. The average Bonchev–Trinajstić information content (AvgIpc) is 2.14. The van der Waals surface area contributed by atoms with E-state index in [0.717, 1.165) is 6.29 Å². The summed E-state index contributed by atoms with van der Waals surface area (Å²) in [6, 6.07) is 7.93. The Morgan fingerprint density at radius 3 is 2.56 bits per heavy atom. The zero-order valence-corrected chi connectivity index (χ0v) is 6.18. The second-order valence-corrected chi connectivity index (χ2v) is 1.24. The molecule has 0 aliphatic heterocycles. The molecular formula is C7H7FeO. The molecule has 1 nitrogen and oxygen atoms in total. The van der Waals surface area contributed by atoms with Gasteiger partial charge in [-0.2, -0.15) is 0 Å². The number of aldehydes is 1. The van der Waals surface area contributed by atoms with Gasteiger partial charge in [0.1, 0.15) is 0 Å². The standard InChI is InChI=1S/C6H4O.CH3.Fe/c7-5-6-3-1-2-4-6;;/h1-3,5H;1H3;/q-2;-1;+3. The van der Waals surface area contributed by atoms with Gasteiger partial charge in [-0.3, -0.25) is 23.8 Å². The van der Waals surface area contributed by atoms with Crippen LogP contribution >= 0.6 is 0 Å². The van der Waals surface area contributed by atoms with Gasteiger partial charge >= 0.3 is 17.1 Å². The van der Waals surface area contributed by atoms with Gasteiger partial charge in [0, 0.05) is 0 Å². The minimum atomic E-state index is 0. The van der Waals surface area contributed by atoms with Crippen molar-refractivity contribution in [2.45, 2.75) is 0 Å². The maximum Gasteiger partial charge on any atom is 3.00 e. The van der Waals surface area contributed by atoms with Crippen LogP contribution in [-0.4, -0.2) is 6.29 Å². The summed E-state index contributed by atoms with van der Waals surface area (Å²) in [6.45, 7) is 0. The summed E-state index contributed by atoms with van der Waals surface area (Å²) in [5, 5.41) is 0. The van der Waals surface area contributed by atoms with E-state index in [1.165, 1.54) is 0 Å². The molecule has 0 spiro atoms. The minimum Gasteiger partial charge on any atom is -0.411 e. The summed E-state index contributed by atoms with van der Waals surface area (Å²) >= 11 is 0. The van der Waals surface area contributed by atoms with Gasteiger partial charge in [0.25, 0.3) is 0 Å². The molecule has 0 aliphatic rings.